The molecule has 0 amide bonds. The van der Waals surface area contributed by atoms with Gasteiger partial charge in [0.2, 0.25) is 0 Å². The Morgan fingerprint density at radius 3 is 2.67 bits per heavy atom. The van der Waals surface area contributed by atoms with E-state index in [1.54, 1.807) is 0 Å². The molecule has 0 spiro atoms. The maximum absolute atomic E-state index is 11.7. The lowest BCUT2D eigenvalue weighted by Crippen LogP contribution is -2.00. The van der Waals surface area contributed by atoms with Gasteiger partial charge in [0.1, 0.15) is 4.88 Å². The van der Waals surface area contributed by atoms with Gasteiger partial charge in [-0.3, -0.25) is 0 Å². The van der Waals surface area contributed by atoms with Gasteiger partial charge in [-0.25, -0.2) is 9.78 Å². The van der Waals surface area contributed by atoms with Crippen molar-refractivity contribution < 1.29 is 9.53 Å². The number of nitrogens with zero attached hydrogens (tertiary/aromatic N) is 1. The van der Waals surface area contributed by atoms with Crippen LogP contribution in [0.15, 0.2) is 18.2 Å². The summed E-state index contributed by atoms with van der Waals surface area (Å²) in [5.41, 5.74) is 9.49. The standard InChI is InChI=1S/C13H14N2O2S/c1-7-4-5-9(6-8(7)2)10-11(12(16)17-3)18-13(14)15-10/h4-6H,1-3H3,(H2,14,15). The zero-order valence-corrected chi connectivity index (χ0v) is 11.3. The number of carbonyl (C=O) groups is 1. The van der Waals surface area contributed by atoms with E-state index in [1.807, 2.05) is 32.0 Å². The average molecular weight is 262 g/mol. The largest absolute Gasteiger partial charge is 0.465 e. The van der Waals surface area contributed by atoms with Gasteiger partial charge >= 0.3 is 5.97 Å². The number of thiazole rings is 1. The summed E-state index contributed by atoms with van der Waals surface area (Å²) in [5, 5.41) is 0.364. The van der Waals surface area contributed by atoms with Gasteiger partial charge in [0.25, 0.3) is 0 Å². The van der Waals surface area contributed by atoms with E-state index in [9.17, 15) is 4.79 Å². The van der Waals surface area contributed by atoms with Gasteiger partial charge in [-0.15, -0.1) is 0 Å². The van der Waals surface area contributed by atoms with Gasteiger partial charge < -0.3 is 10.5 Å². The number of esters is 1. The second kappa shape index (κ2) is 4.78. The quantitative estimate of drug-likeness (QED) is 0.845. The zero-order valence-electron chi connectivity index (χ0n) is 10.5. The van der Waals surface area contributed by atoms with Crippen LogP contribution in [0.4, 0.5) is 5.13 Å². The number of ether oxygens (including phenoxy) is 1. The Bertz CT molecular complexity index is 605. The van der Waals surface area contributed by atoms with E-state index in [-0.39, 0.29) is 0 Å². The maximum Gasteiger partial charge on any atom is 0.350 e. The molecule has 0 bridgehead atoms. The van der Waals surface area contributed by atoms with E-state index < -0.39 is 5.97 Å². The highest BCUT2D eigenvalue weighted by Gasteiger charge is 2.19. The van der Waals surface area contributed by atoms with E-state index in [2.05, 4.69) is 4.98 Å². The minimum atomic E-state index is -0.405. The van der Waals surface area contributed by atoms with Crippen molar-refractivity contribution in [1.82, 2.24) is 4.98 Å². The van der Waals surface area contributed by atoms with Crippen molar-refractivity contribution in [2.45, 2.75) is 13.8 Å². The number of rotatable bonds is 2. The smallest absolute Gasteiger partial charge is 0.350 e. The highest BCUT2D eigenvalue weighted by molar-refractivity contribution is 7.17. The summed E-state index contributed by atoms with van der Waals surface area (Å²) >= 11 is 1.14. The fourth-order valence-electron chi connectivity index (χ4n) is 1.65. The monoisotopic (exact) mass is 262 g/mol. The Balaban J connectivity index is 2.56. The first kappa shape index (κ1) is 12.6. The number of benzene rings is 1. The van der Waals surface area contributed by atoms with E-state index in [4.69, 9.17) is 10.5 Å². The Morgan fingerprint density at radius 2 is 2.06 bits per heavy atom. The fraction of sp³-hybridized carbons (Fsp3) is 0.231. The van der Waals surface area contributed by atoms with Crippen LogP contribution in [0.2, 0.25) is 0 Å². The van der Waals surface area contributed by atoms with Crippen LogP contribution >= 0.6 is 11.3 Å². The molecular weight excluding hydrogens is 248 g/mol. The molecule has 0 aliphatic carbocycles. The van der Waals surface area contributed by atoms with E-state index in [0.717, 1.165) is 22.5 Å². The Morgan fingerprint density at radius 1 is 1.33 bits per heavy atom. The Labute approximate surface area is 109 Å². The molecule has 0 aliphatic heterocycles. The number of aryl methyl sites for hydroxylation is 2. The first-order chi connectivity index (χ1) is 8.52. The Hall–Kier alpha value is -1.88. The third-order valence-electron chi connectivity index (χ3n) is 2.79. The van der Waals surface area contributed by atoms with Crippen LogP contribution in [0.5, 0.6) is 0 Å². The van der Waals surface area contributed by atoms with Gasteiger partial charge in [-0.1, -0.05) is 23.5 Å². The summed E-state index contributed by atoms with van der Waals surface area (Å²) < 4.78 is 4.74. The summed E-state index contributed by atoms with van der Waals surface area (Å²) in [7, 11) is 1.35. The number of methoxy groups -OCH3 is 1. The number of nitrogen functional groups attached to an aromatic ring is 1. The summed E-state index contributed by atoms with van der Waals surface area (Å²) in [6.07, 6.45) is 0. The van der Waals surface area contributed by atoms with Crippen molar-refractivity contribution in [3.05, 3.63) is 34.2 Å². The van der Waals surface area contributed by atoms with Crippen molar-refractivity contribution in [2.75, 3.05) is 12.8 Å². The van der Waals surface area contributed by atoms with Crippen LogP contribution in [0.3, 0.4) is 0 Å². The normalized spacial score (nSPS) is 10.4. The van der Waals surface area contributed by atoms with E-state index >= 15 is 0 Å². The van der Waals surface area contributed by atoms with Gasteiger partial charge in [-0.05, 0) is 31.0 Å². The Kier molecular flexibility index (Phi) is 3.34. The first-order valence-corrected chi connectivity index (χ1v) is 6.27. The molecule has 1 aromatic heterocycles. The number of hydrogen-bond acceptors (Lipinski definition) is 5. The summed E-state index contributed by atoms with van der Waals surface area (Å²) in [6, 6.07) is 5.93. The third kappa shape index (κ3) is 2.22. The molecule has 5 heteroatoms. The van der Waals surface area contributed by atoms with Crippen molar-refractivity contribution in [3.8, 4) is 11.3 Å². The predicted octanol–water partition coefficient (Wildman–Crippen LogP) is 2.80. The minimum Gasteiger partial charge on any atom is -0.465 e. The lowest BCUT2D eigenvalue weighted by Gasteiger charge is -2.04. The van der Waals surface area contributed by atoms with Crippen LogP contribution < -0.4 is 5.73 Å². The molecule has 2 N–H and O–H groups in total. The van der Waals surface area contributed by atoms with Crippen molar-refractivity contribution in [1.29, 1.82) is 0 Å². The van der Waals surface area contributed by atoms with Crippen LogP contribution in [0, 0.1) is 13.8 Å². The molecule has 0 unspecified atom stereocenters. The van der Waals surface area contributed by atoms with Gasteiger partial charge in [0.05, 0.1) is 12.8 Å². The molecule has 0 fully saturated rings. The lowest BCUT2D eigenvalue weighted by molar-refractivity contribution is 0.0607. The second-order valence-electron chi connectivity index (χ2n) is 4.02. The summed E-state index contributed by atoms with van der Waals surface area (Å²) in [5.74, 6) is -0.405. The van der Waals surface area contributed by atoms with Crippen LogP contribution in [0.1, 0.15) is 20.8 Å². The number of anilines is 1. The zero-order chi connectivity index (χ0) is 13.3. The lowest BCUT2D eigenvalue weighted by atomic mass is 10.0. The molecule has 1 heterocycles. The van der Waals surface area contributed by atoms with E-state index in [1.165, 1.54) is 12.7 Å². The maximum atomic E-state index is 11.7. The topological polar surface area (TPSA) is 65.2 Å². The number of hydrogen-bond donors (Lipinski definition) is 1. The van der Waals surface area contributed by atoms with E-state index in [0.29, 0.717) is 15.7 Å². The molecule has 0 radical (unpaired) electrons. The number of aromatic nitrogens is 1. The van der Waals surface area contributed by atoms with Crippen molar-refractivity contribution >= 4 is 22.4 Å². The van der Waals surface area contributed by atoms with Crippen molar-refractivity contribution in [3.63, 3.8) is 0 Å². The average Bonchev–Trinajstić information content (AvgIpc) is 2.74. The number of carbonyl (C=O) groups excluding carboxylic acids is 1. The molecule has 94 valence electrons. The molecule has 0 saturated carbocycles. The van der Waals surface area contributed by atoms with Gasteiger partial charge in [0, 0.05) is 5.56 Å². The molecule has 0 atom stereocenters. The summed E-state index contributed by atoms with van der Waals surface area (Å²) in [4.78, 5) is 16.3. The molecular formula is C13H14N2O2S. The minimum absolute atomic E-state index is 0.364. The first-order valence-electron chi connectivity index (χ1n) is 5.45. The molecule has 0 saturated heterocycles. The summed E-state index contributed by atoms with van der Waals surface area (Å²) in [6.45, 7) is 4.06. The molecule has 4 nitrogen and oxygen atoms in total. The predicted molar refractivity (Wildman–Crippen MR) is 72.8 cm³/mol. The highest BCUT2D eigenvalue weighted by atomic mass is 32.1. The fourth-order valence-corrected chi connectivity index (χ4v) is 2.43. The third-order valence-corrected chi connectivity index (χ3v) is 3.66. The SMILES string of the molecule is COC(=O)c1sc(N)nc1-c1ccc(C)c(C)c1. The van der Waals surface area contributed by atoms with Crippen LogP contribution in [-0.4, -0.2) is 18.1 Å². The van der Waals surface area contributed by atoms with Gasteiger partial charge in [-0.2, -0.15) is 0 Å². The van der Waals surface area contributed by atoms with Crippen LogP contribution in [0.25, 0.3) is 11.3 Å². The number of nitrogens with two attached hydrogens (primary N) is 1. The molecule has 1 aromatic carbocycles. The molecule has 18 heavy (non-hydrogen) atoms. The van der Waals surface area contributed by atoms with Gasteiger partial charge in [0.15, 0.2) is 5.13 Å². The highest BCUT2D eigenvalue weighted by Crippen LogP contribution is 2.31. The molecule has 0 aliphatic rings. The molecule has 2 rings (SSSR count). The van der Waals surface area contributed by atoms with Crippen molar-refractivity contribution in [2.24, 2.45) is 0 Å². The second-order valence-corrected chi connectivity index (χ2v) is 5.05. The molecule has 2 aromatic rings. The van der Waals surface area contributed by atoms with Crippen LogP contribution in [-0.2, 0) is 4.74 Å².